The highest BCUT2D eigenvalue weighted by Crippen LogP contribution is 2.17. The zero-order chi connectivity index (χ0) is 10.7. The van der Waals surface area contributed by atoms with Crippen molar-refractivity contribution >= 4 is 0 Å². The first-order valence-corrected chi connectivity index (χ1v) is 5.75. The molecule has 0 spiro atoms. The Morgan fingerprint density at radius 1 is 1.40 bits per heavy atom. The Balaban J connectivity index is 1.95. The largest absolute Gasteiger partial charge is 0.316 e. The molecule has 1 aliphatic rings. The van der Waals surface area contributed by atoms with Crippen LogP contribution in [0.4, 0.5) is 0 Å². The van der Waals surface area contributed by atoms with Crippen molar-refractivity contribution in [2.24, 2.45) is 5.92 Å². The zero-order valence-electron chi connectivity index (χ0n) is 9.58. The summed E-state index contributed by atoms with van der Waals surface area (Å²) in [5.41, 5.74) is 3.61. The minimum atomic E-state index is 0.847. The number of rotatable bonds is 3. The maximum Gasteiger partial charge on any atom is 0.115 e. The summed E-state index contributed by atoms with van der Waals surface area (Å²) >= 11 is 0. The molecule has 0 bridgehead atoms. The van der Waals surface area contributed by atoms with Gasteiger partial charge in [0.25, 0.3) is 0 Å². The molecule has 1 aromatic heterocycles. The standard InChI is InChI=1S/C12H19N3/c1-9-10(2)14-8-15-12(9)4-3-11-5-6-13-7-11/h8,11,13H,3-7H2,1-2H3. The summed E-state index contributed by atoms with van der Waals surface area (Å²) in [6.45, 7) is 6.55. The van der Waals surface area contributed by atoms with Crippen LogP contribution in [0.3, 0.4) is 0 Å². The van der Waals surface area contributed by atoms with Crippen LogP contribution in [-0.4, -0.2) is 23.1 Å². The van der Waals surface area contributed by atoms with Crippen molar-refractivity contribution in [1.82, 2.24) is 15.3 Å². The molecule has 1 N–H and O–H groups in total. The van der Waals surface area contributed by atoms with Crippen molar-refractivity contribution in [1.29, 1.82) is 0 Å². The summed E-state index contributed by atoms with van der Waals surface area (Å²) in [5.74, 6) is 0.847. The number of aromatic nitrogens is 2. The maximum atomic E-state index is 4.37. The lowest BCUT2D eigenvalue weighted by Crippen LogP contribution is -2.10. The molecule has 3 heteroatoms. The third-order valence-electron chi connectivity index (χ3n) is 3.39. The van der Waals surface area contributed by atoms with Crippen LogP contribution < -0.4 is 5.32 Å². The van der Waals surface area contributed by atoms with Gasteiger partial charge in [-0.1, -0.05) is 0 Å². The molecule has 3 nitrogen and oxygen atoms in total. The van der Waals surface area contributed by atoms with E-state index in [0.717, 1.165) is 18.0 Å². The lowest BCUT2D eigenvalue weighted by Gasteiger charge is -2.09. The molecule has 1 unspecified atom stereocenters. The molecule has 2 rings (SSSR count). The second-order valence-electron chi connectivity index (χ2n) is 4.43. The summed E-state index contributed by atoms with van der Waals surface area (Å²) in [6, 6.07) is 0. The van der Waals surface area contributed by atoms with Crippen LogP contribution in [0, 0.1) is 19.8 Å². The Labute approximate surface area is 91.3 Å². The third kappa shape index (κ3) is 2.53. The molecule has 1 saturated heterocycles. The first kappa shape index (κ1) is 10.6. The predicted octanol–water partition coefficient (Wildman–Crippen LogP) is 1.64. The van der Waals surface area contributed by atoms with Gasteiger partial charge in [0.1, 0.15) is 6.33 Å². The fourth-order valence-corrected chi connectivity index (χ4v) is 2.14. The molecule has 0 radical (unpaired) electrons. The fraction of sp³-hybridized carbons (Fsp3) is 0.667. The minimum absolute atomic E-state index is 0.847. The van der Waals surface area contributed by atoms with Gasteiger partial charge in [0.2, 0.25) is 0 Å². The van der Waals surface area contributed by atoms with Gasteiger partial charge in [-0.25, -0.2) is 9.97 Å². The van der Waals surface area contributed by atoms with Gasteiger partial charge in [0.05, 0.1) is 0 Å². The summed E-state index contributed by atoms with van der Waals surface area (Å²) in [4.78, 5) is 8.56. The van der Waals surface area contributed by atoms with Gasteiger partial charge in [-0.05, 0) is 57.7 Å². The highest BCUT2D eigenvalue weighted by molar-refractivity contribution is 5.21. The van der Waals surface area contributed by atoms with Crippen molar-refractivity contribution in [3.05, 3.63) is 23.3 Å². The molecule has 0 aliphatic carbocycles. The van der Waals surface area contributed by atoms with Crippen molar-refractivity contribution in [3.8, 4) is 0 Å². The predicted molar refractivity (Wildman–Crippen MR) is 60.8 cm³/mol. The number of nitrogens with zero attached hydrogens (tertiary/aromatic N) is 2. The quantitative estimate of drug-likeness (QED) is 0.815. The molecule has 2 heterocycles. The van der Waals surface area contributed by atoms with Gasteiger partial charge in [-0.2, -0.15) is 0 Å². The molecular weight excluding hydrogens is 186 g/mol. The normalized spacial score (nSPS) is 20.8. The van der Waals surface area contributed by atoms with E-state index in [4.69, 9.17) is 0 Å². The van der Waals surface area contributed by atoms with Crippen molar-refractivity contribution in [2.75, 3.05) is 13.1 Å². The first-order valence-electron chi connectivity index (χ1n) is 5.75. The Bertz CT molecular complexity index is 330. The summed E-state index contributed by atoms with van der Waals surface area (Å²) < 4.78 is 0. The van der Waals surface area contributed by atoms with Gasteiger partial charge in [0, 0.05) is 11.4 Å². The molecular formula is C12H19N3. The molecule has 1 aromatic rings. The summed E-state index contributed by atoms with van der Waals surface area (Å²) in [5, 5.41) is 3.40. The SMILES string of the molecule is Cc1ncnc(CCC2CCNC2)c1C. The molecule has 0 saturated carbocycles. The number of aryl methyl sites for hydroxylation is 2. The van der Waals surface area contributed by atoms with E-state index in [1.54, 1.807) is 6.33 Å². The van der Waals surface area contributed by atoms with Crippen molar-refractivity contribution in [3.63, 3.8) is 0 Å². The van der Waals surface area contributed by atoms with Crippen LogP contribution >= 0.6 is 0 Å². The van der Waals surface area contributed by atoms with E-state index in [9.17, 15) is 0 Å². The van der Waals surface area contributed by atoms with Crippen LogP contribution in [0.25, 0.3) is 0 Å². The molecule has 1 aliphatic heterocycles. The van der Waals surface area contributed by atoms with Crippen LogP contribution in [0.1, 0.15) is 29.8 Å². The summed E-state index contributed by atoms with van der Waals surface area (Å²) in [7, 11) is 0. The Morgan fingerprint density at radius 3 is 3.00 bits per heavy atom. The van der Waals surface area contributed by atoms with E-state index in [2.05, 4.69) is 29.1 Å². The average Bonchev–Trinajstić information content (AvgIpc) is 2.73. The van der Waals surface area contributed by atoms with Crippen LogP contribution in [-0.2, 0) is 6.42 Å². The summed E-state index contributed by atoms with van der Waals surface area (Å²) in [6.07, 6.45) is 5.36. The molecule has 0 aromatic carbocycles. The second-order valence-corrected chi connectivity index (χ2v) is 4.43. The van der Waals surface area contributed by atoms with Gasteiger partial charge < -0.3 is 5.32 Å². The Morgan fingerprint density at radius 2 is 2.27 bits per heavy atom. The van der Waals surface area contributed by atoms with E-state index in [-0.39, 0.29) is 0 Å². The molecule has 15 heavy (non-hydrogen) atoms. The molecule has 1 fully saturated rings. The van der Waals surface area contributed by atoms with Crippen molar-refractivity contribution in [2.45, 2.75) is 33.1 Å². The third-order valence-corrected chi connectivity index (χ3v) is 3.39. The van der Waals surface area contributed by atoms with Gasteiger partial charge in [-0.3, -0.25) is 0 Å². The number of hydrogen-bond acceptors (Lipinski definition) is 3. The van der Waals surface area contributed by atoms with E-state index >= 15 is 0 Å². The number of hydrogen-bond donors (Lipinski definition) is 1. The van der Waals surface area contributed by atoms with Crippen LogP contribution in [0.5, 0.6) is 0 Å². The smallest absolute Gasteiger partial charge is 0.115 e. The van der Waals surface area contributed by atoms with E-state index in [0.29, 0.717) is 0 Å². The van der Waals surface area contributed by atoms with E-state index in [1.165, 1.54) is 37.2 Å². The van der Waals surface area contributed by atoms with Gasteiger partial charge in [-0.15, -0.1) is 0 Å². The number of nitrogens with one attached hydrogen (secondary N) is 1. The minimum Gasteiger partial charge on any atom is -0.316 e. The lowest BCUT2D eigenvalue weighted by atomic mass is 9.99. The Kier molecular flexibility index (Phi) is 3.31. The van der Waals surface area contributed by atoms with Gasteiger partial charge >= 0.3 is 0 Å². The second kappa shape index (κ2) is 4.71. The highest BCUT2D eigenvalue weighted by atomic mass is 14.9. The van der Waals surface area contributed by atoms with Gasteiger partial charge in [0.15, 0.2) is 0 Å². The topological polar surface area (TPSA) is 37.8 Å². The highest BCUT2D eigenvalue weighted by Gasteiger charge is 2.15. The monoisotopic (exact) mass is 205 g/mol. The fourth-order valence-electron chi connectivity index (χ4n) is 2.14. The van der Waals surface area contributed by atoms with Crippen molar-refractivity contribution < 1.29 is 0 Å². The zero-order valence-corrected chi connectivity index (χ0v) is 9.58. The average molecular weight is 205 g/mol. The maximum absolute atomic E-state index is 4.37. The van der Waals surface area contributed by atoms with E-state index < -0.39 is 0 Å². The van der Waals surface area contributed by atoms with E-state index in [1.807, 2.05) is 0 Å². The first-order chi connectivity index (χ1) is 7.27. The lowest BCUT2D eigenvalue weighted by molar-refractivity contribution is 0.528. The van der Waals surface area contributed by atoms with Crippen LogP contribution in [0.15, 0.2) is 6.33 Å². The molecule has 82 valence electrons. The Hall–Kier alpha value is -0.960. The van der Waals surface area contributed by atoms with Crippen LogP contribution in [0.2, 0.25) is 0 Å². The molecule has 1 atom stereocenters. The molecule has 0 amide bonds.